The second-order valence-electron chi connectivity index (χ2n) is 11.4. The van der Waals surface area contributed by atoms with E-state index in [2.05, 4.69) is 74.3 Å². The molecule has 46 heavy (non-hydrogen) atoms. The molecule has 0 saturated carbocycles. The standard InChI is InChI=1S/C38H25Br2FN2O2S/c39-31-18-22(19-32(40)36(31)45-21-26-9-5-8-23-6-1-3-10-28(23)26)20-33-37(44)43-35(25-12-15-27(41)16-13-25)30-17-14-24-7-2-4-11-29(24)34(30)42-38(43)46-33/h1-13,15-16,18-20,35H,14,17,21H2/b33-20+/t35-/m1/s1. The van der Waals surface area contributed by atoms with E-state index >= 15 is 0 Å². The number of benzene rings is 5. The quantitative estimate of drug-likeness (QED) is 0.177. The Morgan fingerprint density at radius 3 is 2.48 bits per heavy atom. The molecule has 226 valence electrons. The lowest BCUT2D eigenvalue weighted by atomic mass is 9.83. The van der Waals surface area contributed by atoms with Gasteiger partial charge in [0.2, 0.25) is 0 Å². The molecule has 0 saturated heterocycles. The number of nitrogens with zero attached hydrogens (tertiary/aromatic N) is 2. The van der Waals surface area contributed by atoms with Gasteiger partial charge >= 0.3 is 0 Å². The molecule has 1 aliphatic heterocycles. The molecule has 0 fully saturated rings. The van der Waals surface area contributed by atoms with Crippen LogP contribution in [0, 0.1) is 5.82 Å². The Morgan fingerprint density at radius 2 is 1.65 bits per heavy atom. The van der Waals surface area contributed by atoms with Crippen molar-refractivity contribution >= 4 is 65.7 Å². The van der Waals surface area contributed by atoms with Crippen LogP contribution in [-0.2, 0) is 13.0 Å². The molecule has 2 aliphatic rings. The Bertz CT molecular complexity index is 2370. The van der Waals surface area contributed by atoms with Crippen LogP contribution < -0.4 is 19.6 Å². The van der Waals surface area contributed by atoms with Gasteiger partial charge in [-0.3, -0.25) is 9.36 Å². The third-order valence-electron chi connectivity index (χ3n) is 8.63. The molecule has 0 radical (unpaired) electrons. The molecule has 1 aromatic heterocycles. The fourth-order valence-corrected chi connectivity index (χ4v) is 8.94. The van der Waals surface area contributed by atoms with Crippen LogP contribution in [0.2, 0.25) is 0 Å². The summed E-state index contributed by atoms with van der Waals surface area (Å²) in [5.74, 6) is 0.384. The van der Waals surface area contributed by atoms with Crippen LogP contribution in [0.25, 0.3) is 22.5 Å². The van der Waals surface area contributed by atoms with Gasteiger partial charge in [-0.25, -0.2) is 9.38 Å². The summed E-state index contributed by atoms with van der Waals surface area (Å²) in [7, 11) is 0. The number of aryl methyl sites for hydroxylation is 1. The molecule has 2 heterocycles. The van der Waals surface area contributed by atoms with Crippen LogP contribution in [0.15, 0.2) is 127 Å². The molecule has 0 amide bonds. The number of ether oxygens (including phenoxy) is 1. The molecular weight excluding hydrogens is 727 g/mol. The van der Waals surface area contributed by atoms with Crippen molar-refractivity contribution in [3.63, 3.8) is 0 Å². The van der Waals surface area contributed by atoms with Gasteiger partial charge in [0, 0.05) is 5.56 Å². The van der Waals surface area contributed by atoms with Crippen LogP contribution in [0.1, 0.15) is 40.3 Å². The Hall–Kier alpha value is -4.11. The number of thiazole rings is 1. The van der Waals surface area contributed by atoms with E-state index in [4.69, 9.17) is 9.73 Å². The molecule has 4 nitrogen and oxygen atoms in total. The first-order chi connectivity index (χ1) is 22.4. The maximum atomic E-state index is 14.1. The maximum Gasteiger partial charge on any atom is 0.271 e. The van der Waals surface area contributed by atoms with E-state index in [0.717, 1.165) is 60.7 Å². The van der Waals surface area contributed by atoms with Crippen molar-refractivity contribution in [3.8, 4) is 5.75 Å². The van der Waals surface area contributed by atoms with Gasteiger partial charge in [-0.1, -0.05) is 90.2 Å². The summed E-state index contributed by atoms with van der Waals surface area (Å²) >= 11 is 8.78. The molecule has 0 spiro atoms. The number of rotatable bonds is 5. The normalized spacial score (nSPS) is 15.7. The maximum absolute atomic E-state index is 14.1. The monoisotopic (exact) mass is 750 g/mol. The Labute approximate surface area is 285 Å². The van der Waals surface area contributed by atoms with E-state index in [-0.39, 0.29) is 17.4 Å². The summed E-state index contributed by atoms with van der Waals surface area (Å²) in [4.78, 5) is 19.8. The smallest absolute Gasteiger partial charge is 0.271 e. The molecular formula is C38H25Br2FN2O2S. The predicted octanol–water partition coefficient (Wildman–Crippen LogP) is 8.72. The number of fused-ring (bicyclic) bond motifs is 4. The fraction of sp³-hybridized carbons (Fsp3) is 0.105. The average molecular weight is 753 g/mol. The highest BCUT2D eigenvalue weighted by Crippen LogP contribution is 2.41. The van der Waals surface area contributed by atoms with Crippen molar-refractivity contribution in [3.05, 3.63) is 171 Å². The minimum atomic E-state index is -0.356. The first-order valence-corrected chi connectivity index (χ1v) is 17.3. The molecule has 1 atom stereocenters. The van der Waals surface area contributed by atoms with Gasteiger partial charge < -0.3 is 4.74 Å². The van der Waals surface area contributed by atoms with Gasteiger partial charge in [0.25, 0.3) is 5.56 Å². The number of allylic oxidation sites excluding steroid dienone is 1. The van der Waals surface area contributed by atoms with Gasteiger partial charge in [0.05, 0.1) is 25.2 Å². The zero-order chi connectivity index (χ0) is 31.4. The summed E-state index contributed by atoms with van der Waals surface area (Å²) in [6.45, 7) is 0.410. The van der Waals surface area contributed by atoms with E-state index in [1.165, 1.54) is 34.4 Å². The van der Waals surface area contributed by atoms with Crippen LogP contribution in [0.3, 0.4) is 0 Å². The van der Waals surface area contributed by atoms with Crippen molar-refractivity contribution < 1.29 is 9.13 Å². The Balaban J connectivity index is 1.19. The molecule has 1 aliphatic carbocycles. The number of hydrogen-bond donors (Lipinski definition) is 0. The minimum Gasteiger partial charge on any atom is -0.487 e. The second kappa shape index (κ2) is 11.9. The van der Waals surface area contributed by atoms with Gasteiger partial charge in [-0.05, 0) is 114 Å². The van der Waals surface area contributed by atoms with E-state index < -0.39 is 0 Å². The van der Waals surface area contributed by atoms with Crippen LogP contribution in [-0.4, -0.2) is 4.57 Å². The average Bonchev–Trinajstić information content (AvgIpc) is 3.37. The van der Waals surface area contributed by atoms with Crippen molar-refractivity contribution in [2.45, 2.75) is 25.5 Å². The van der Waals surface area contributed by atoms with E-state index in [1.807, 2.05) is 42.5 Å². The fourth-order valence-electron chi connectivity index (χ4n) is 6.49. The van der Waals surface area contributed by atoms with Gasteiger partial charge in [-0.2, -0.15) is 0 Å². The number of hydrogen-bond acceptors (Lipinski definition) is 4. The van der Waals surface area contributed by atoms with E-state index in [1.54, 1.807) is 16.7 Å². The zero-order valence-corrected chi connectivity index (χ0v) is 28.3. The molecule has 0 N–H and O–H groups in total. The van der Waals surface area contributed by atoms with Crippen molar-refractivity contribution in [1.29, 1.82) is 0 Å². The molecule has 5 aromatic carbocycles. The van der Waals surface area contributed by atoms with Gasteiger partial charge in [-0.15, -0.1) is 0 Å². The van der Waals surface area contributed by atoms with Crippen LogP contribution in [0.4, 0.5) is 4.39 Å². The Morgan fingerprint density at radius 1 is 0.913 bits per heavy atom. The minimum absolute atomic E-state index is 0.119. The summed E-state index contributed by atoms with van der Waals surface area (Å²) in [5.41, 5.74) is 7.04. The highest BCUT2D eigenvalue weighted by atomic mass is 79.9. The van der Waals surface area contributed by atoms with Crippen molar-refractivity contribution in [2.75, 3.05) is 0 Å². The van der Waals surface area contributed by atoms with Gasteiger partial charge in [0.15, 0.2) is 4.80 Å². The molecule has 8 heteroatoms. The first kappa shape index (κ1) is 29.3. The number of aromatic nitrogens is 1. The summed E-state index contributed by atoms with van der Waals surface area (Å²) in [6.07, 6.45) is 3.54. The topological polar surface area (TPSA) is 43.6 Å². The lowest BCUT2D eigenvalue weighted by Gasteiger charge is -2.30. The largest absolute Gasteiger partial charge is 0.487 e. The van der Waals surface area contributed by atoms with Crippen molar-refractivity contribution in [1.82, 2.24) is 4.57 Å². The summed E-state index contributed by atoms with van der Waals surface area (Å²) in [6, 6.07) is 32.8. The highest BCUT2D eigenvalue weighted by molar-refractivity contribution is 9.11. The predicted molar refractivity (Wildman–Crippen MR) is 189 cm³/mol. The molecule has 8 rings (SSSR count). The van der Waals surface area contributed by atoms with Crippen molar-refractivity contribution in [2.24, 2.45) is 4.99 Å². The number of halogens is 3. The lowest BCUT2D eigenvalue weighted by Crippen LogP contribution is -2.38. The third kappa shape index (κ3) is 5.18. The van der Waals surface area contributed by atoms with E-state index in [9.17, 15) is 9.18 Å². The zero-order valence-electron chi connectivity index (χ0n) is 24.3. The SMILES string of the molecule is O=c1/c(=C\c2cc(Br)c(OCc3cccc4ccccc34)c(Br)c2)sc2n1[C@H](c1ccc(F)cc1)C1=C(N=2)c2ccccc2CC1. The first-order valence-electron chi connectivity index (χ1n) is 14.9. The third-order valence-corrected chi connectivity index (χ3v) is 10.8. The van der Waals surface area contributed by atoms with Crippen LogP contribution in [0.5, 0.6) is 5.75 Å². The second-order valence-corrected chi connectivity index (χ2v) is 14.1. The molecule has 0 unspecified atom stereocenters. The Kier molecular flexibility index (Phi) is 7.59. The summed E-state index contributed by atoms with van der Waals surface area (Å²) < 4.78 is 24.2. The lowest BCUT2D eigenvalue weighted by molar-refractivity contribution is 0.303. The van der Waals surface area contributed by atoms with Crippen LogP contribution >= 0.6 is 43.2 Å². The summed E-state index contributed by atoms with van der Waals surface area (Å²) in [5, 5.41) is 2.33. The van der Waals surface area contributed by atoms with E-state index in [0.29, 0.717) is 21.7 Å². The van der Waals surface area contributed by atoms with Gasteiger partial charge in [0.1, 0.15) is 18.2 Å². The molecule has 6 aromatic rings. The highest BCUT2D eigenvalue weighted by Gasteiger charge is 2.32. The molecule has 0 bridgehead atoms.